The first kappa shape index (κ1) is 28.3. The van der Waals surface area contributed by atoms with E-state index in [0.29, 0.717) is 18.0 Å². The SMILES string of the molecule is Cc1cccc(Nc2cccc3c2C(c2nc4ncnc5nc(-n6cnc7cccc(Nc8cccc(C)c8)c76)c6ccc2c6n45)CC=N3)c1. The Kier molecular flexibility index (Phi) is 6.19. The molecule has 10 rings (SSSR count). The van der Waals surface area contributed by atoms with Crippen molar-refractivity contribution in [2.24, 2.45) is 4.99 Å². The number of nitrogens with zero attached hydrogens (tertiary/aromatic N) is 8. The van der Waals surface area contributed by atoms with Crippen molar-refractivity contribution in [1.82, 2.24) is 33.9 Å². The lowest BCUT2D eigenvalue weighted by Crippen LogP contribution is -2.14. The number of aryl methyl sites for hydroxylation is 2. The largest absolute Gasteiger partial charge is 0.355 e. The van der Waals surface area contributed by atoms with Gasteiger partial charge >= 0.3 is 0 Å². The zero-order chi connectivity index (χ0) is 33.3. The van der Waals surface area contributed by atoms with Crippen molar-refractivity contribution in [3.8, 4) is 5.82 Å². The van der Waals surface area contributed by atoms with Crippen LogP contribution in [-0.4, -0.2) is 40.1 Å². The van der Waals surface area contributed by atoms with Crippen LogP contribution in [0.4, 0.5) is 28.4 Å². The molecular weight excluding hydrogens is 621 g/mol. The van der Waals surface area contributed by atoms with Gasteiger partial charge in [-0.1, -0.05) is 42.5 Å². The van der Waals surface area contributed by atoms with Gasteiger partial charge < -0.3 is 10.6 Å². The highest BCUT2D eigenvalue weighted by Gasteiger charge is 2.29. The molecule has 1 atom stereocenters. The number of fused-ring (bicyclic) bond motifs is 2. The van der Waals surface area contributed by atoms with Gasteiger partial charge in [0.2, 0.25) is 11.6 Å². The van der Waals surface area contributed by atoms with E-state index in [0.717, 1.165) is 72.8 Å². The highest BCUT2D eigenvalue weighted by atomic mass is 15.2. The van der Waals surface area contributed by atoms with Crippen LogP contribution in [0.25, 0.3) is 44.7 Å². The predicted molar refractivity (Wildman–Crippen MR) is 199 cm³/mol. The number of aliphatic imine (C=N–C) groups is 1. The fourth-order valence-electron chi connectivity index (χ4n) is 7.41. The molecule has 2 N–H and O–H groups in total. The Morgan fingerprint density at radius 3 is 2.18 bits per heavy atom. The standard InChI is InChI=1S/C40H30N10/c1-23-7-3-9-25(19-23)45-31-12-5-11-30-34(31)27(17-18-41-30)35-28-15-16-29-36(28)50-39(47-35)42-21-43-40(50)48-38(29)49-22-44-32-13-6-14-33(37(32)49)46-26-10-4-8-24(2)20-26/h3-16,18-22,27,45-46H,17H2,1-2H3. The van der Waals surface area contributed by atoms with E-state index in [1.54, 1.807) is 6.33 Å². The van der Waals surface area contributed by atoms with E-state index in [9.17, 15) is 0 Å². The summed E-state index contributed by atoms with van der Waals surface area (Å²) in [6.07, 6.45) is 6.09. The van der Waals surface area contributed by atoms with Crippen LogP contribution in [0.1, 0.15) is 34.7 Å². The molecule has 0 radical (unpaired) electrons. The number of benzene rings is 4. The van der Waals surface area contributed by atoms with Crippen LogP contribution in [0.3, 0.4) is 0 Å². The molecule has 50 heavy (non-hydrogen) atoms. The zero-order valence-corrected chi connectivity index (χ0v) is 27.3. The lowest BCUT2D eigenvalue weighted by atomic mass is 9.86. The Hall–Kier alpha value is -6.68. The Balaban J connectivity index is 1.17. The van der Waals surface area contributed by atoms with Crippen molar-refractivity contribution < 1.29 is 0 Å². The molecule has 0 aliphatic carbocycles. The number of nitrogens with one attached hydrogen (secondary N) is 2. The summed E-state index contributed by atoms with van der Waals surface area (Å²) in [4.78, 5) is 29.2. The lowest BCUT2D eigenvalue weighted by molar-refractivity contribution is 0.820. The molecule has 1 aliphatic heterocycles. The van der Waals surface area contributed by atoms with Crippen LogP contribution < -0.4 is 10.6 Å². The first-order valence-corrected chi connectivity index (χ1v) is 16.6. The quantitative estimate of drug-likeness (QED) is 0.185. The molecule has 10 heteroatoms. The topological polar surface area (TPSA) is 110 Å². The summed E-state index contributed by atoms with van der Waals surface area (Å²) < 4.78 is 4.03. The van der Waals surface area contributed by atoms with Crippen molar-refractivity contribution >= 4 is 73.5 Å². The molecule has 0 bridgehead atoms. The maximum absolute atomic E-state index is 5.23. The molecule has 0 saturated heterocycles. The first-order valence-electron chi connectivity index (χ1n) is 16.6. The molecule has 0 fully saturated rings. The van der Waals surface area contributed by atoms with E-state index < -0.39 is 0 Å². The number of aromatic nitrogens is 7. The average molecular weight is 651 g/mol. The number of hydrogen-bond donors (Lipinski definition) is 2. The van der Waals surface area contributed by atoms with Gasteiger partial charge in [0, 0.05) is 45.5 Å². The van der Waals surface area contributed by atoms with Gasteiger partial charge in [-0.25, -0.2) is 24.3 Å². The van der Waals surface area contributed by atoms with Gasteiger partial charge in [-0.15, -0.1) is 0 Å². The van der Waals surface area contributed by atoms with E-state index in [1.165, 1.54) is 11.1 Å². The molecule has 0 amide bonds. The second-order valence-electron chi connectivity index (χ2n) is 12.9. The van der Waals surface area contributed by atoms with E-state index in [-0.39, 0.29) is 5.92 Å². The summed E-state index contributed by atoms with van der Waals surface area (Å²) in [7, 11) is 0. The number of hydrogen-bond acceptors (Lipinski definition) is 8. The number of imidazole rings is 1. The molecule has 240 valence electrons. The average Bonchev–Trinajstić information content (AvgIpc) is 3.77. The van der Waals surface area contributed by atoms with Crippen molar-refractivity contribution in [3.63, 3.8) is 0 Å². The molecular formula is C40H30N10. The maximum atomic E-state index is 5.23. The van der Waals surface area contributed by atoms with Gasteiger partial charge in [0.15, 0.2) is 5.82 Å². The molecule has 0 spiro atoms. The van der Waals surface area contributed by atoms with Gasteiger partial charge in [0.25, 0.3) is 0 Å². The molecule has 0 saturated carbocycles. The fraction of sp³-hybridized carbons (Fsp3) is 0.100. The summed E-state index contributed by atoms with van der Waals surface area (Å²) in [5.41, 5.74) is 12.1. The highest BCUT2D eigenvalue weighted by molar-refractivity contribution is 6.06. The molecule has 1 unspecified atom stereocenters. The fourth-order valence-corrected chi connectivity index (χ4v) is 7.41. The summed E-state index contributed by atoms with van der Waals surface area (Å²) in [6, 6.07) is 33.4. The summed E-state index contributed by atoms with van der Waals surface area (Å²) in [5, 5.41) is 9.29. The molecule has 1 aliphatic rings. The van der Waals surface area contributed by atoms with E-state index in [4.69, 9.17) is 19.9 Å². The van der Waals surface area contributed by atoms with Gasteiger partial charge in [0.05, 0.1) is 33.6 Å². The minimum absolute atomic E-state index is 0.0591. The third-order valence-electron chi connectivity index (χ3n) is 9.56. The summed E-state index contributed by atoms with van der Waals surface area (Å²) in [6.45, 7) is 4.19. The minimum Gasteiger partial charge on any atom is -0.355 e. The second-order valence-corrected chi connectivity index (χ2v) is 12.9. The van der Waals surface area contributed by atoms with Crippen LogP contribution in [0.5, 0.6) is 0 Å². The molecule has 10 nitrogen and oxygen atoms in total. The monoisotopic (exact) mass is 650 g/mol. The Labute approximate surface area is 286 Å². The summed E-state index contributed by atoms with van der Waals surface area (Å²) >= 11 is 0. The van der Waals surface area contributed by atoms with Crippen LogP contribution >= 0.6 is 0 Å². The Morgan fingerprint density at radius 2 is 1.38 bits per heavy atom. The predicted octanol–water partition coefficient (Wildman–Crippen LogP) is 8.94. The second kappa shape index (κ2) is 10.9. The van der Waals surface area contributed by atoms with Gasteiger partial charge in [-0.2, -0.15) is 4.98 Å². The normalized spacial score (nSPS) is 14.2. The smallest absolute Gasteiger partial charge is 0.240 e. The lowest BCUT2D eigenvalue weighted by Gasteiger charge is -2.25. The van der Waals surface area contributed by atoms with Crippen LogP contribution in [-0.2, 0) is 0 Å². The van der Waals surface area contributed by atoms with Crippen molar-refractivity contribution in [3.05, 3.63) is 132 Å². The van der Waals surface area contributed by atoms with Crippen molar-refractivity contribution in [2.45, 2.75) is 26.2 Å². The molecule has 5 heterocycles. The maximum Gasteiger partial charge on any atom is 0.240 e. The third kappa shape index (κ3) is 4.42. The summed E-state index contributed by atoms with van der Waals surface area (Å²) in [5.74, 6) is 1.76. The minimum atomic E-state index is -0.0591. The number of rotatable bonds is 6. The first-order chi connectivity index (χ1) is 24.6. The Bertz CT molecular complexity index is 2790. The molecule has 9 aromatic rings. The third-order valence-corrected chi connectivity index (χ3v) is 9.56. The van der Waals surface area contributed by atoms with Gasteiger partial charge in [0.1, 0.15) is 12.7 Å². The van der Waals surface area contributed by atoms with Gasteiger partial charge in [-0.05, 0) is 86.0 Å². The van der Waals surface area contributed by atoms with Gasteiger partial charge in [-0.3, -0.25) is 9.56 Å². The number of anilines is 4. The van der Waals surface area contributed by atoms with E-state index >= 15 is 0 Å². The van der Waals surface area contributed by atoms with Crippen molar-refractivity contribution in [1.29, 1.82) is 0 Å². The van der Waals surface area contributed by atoms with Crippen LogP contribution in [0, 0.1) is 13.8 Å². The van der Waals surface area contributed by atoms with Crippen molar-refractivity contribution in [2.75, 3.05) is 10.6 Å². The molecule has 4 aromatic heterocycles. The highest BCUT2D eigenvalue weighted by Crippen LogP contribution is 2.45. The van der Waals surface area contributed by atoms with E-state index in [1.807, 2.05) is 29.1 Å². The zero-order valence-electron chi connectivity index (χ0n) is 27.3. The number of para-hydroxylation sites is 1. The van der Waals surface area contributed by atoms with Crippen LogP contribution in [0.15, 0.2) is 115 Å². The van der Waals surface area contributed by atoms with E-state index in [2.05, 4.69) is 124 Å². The Morgan fingerprint density at radius 1 is 0.680 bits per heavy atom. The van der Waals surface area contributed by atoms with Crippen LogP contribution in [0.2, 0.25) is 0 Å². The molecule has 5 aromatic carbocycles.